The fourth-order valence-corrected chi connectivity index (χ4v) is 16.9. The molecule has 9 rings (SSSR count). The van der Waals surface area contributed by atoms with Gasteiger partial charge in [0.25, 0.3) is 0 Å². The third kappa shape index (κ3) is 11.5. The molecule has 25 nitrogen and oxygen atoms in total. The molecule has 9 aliphatic rings. The predicted molar refractivity (Wildman–Crippen MR) is 270 cm³/mol. The number of esters is 1. The SMILES string of the molecule is CO[C@H]1[C@H](O)[C@@H](O[C@H]2[C@H](O)[C@@H](O[C@@H]3[C@@H](O)[C@H](O)[C@@H](O[C@H]4[C@H](O[C@H]5CC[C@]6(C)C7=C[C@H](O)C89C(=O)O[C@@](C)(CCCC(C)C)C8CC[C@@]9(C)C7CC[C@H]6C5(C)C)OC[C@@H](OS(=O)(=O)[O-])[C@@H]4O)O[C@H]3C)O[C@@H](CO)[C@@H]2O)O[C@@H](CO)[C@@H]1O.[Na+]. The van der Waals surface area contributed by atoms with Gasteiger partial charge in [0.2, 0.25) is 10.4 Å². The molecule has 5 saturated heterocycles. The van der Waals surface area contributed by atoms with Crippen molar-refractivity contribution in [2.24, 2.45) is 45.3 Å². The second-order valence-electron chi connectivity index (χ2n) is 25.9. The Morgan fingerprint density at radius 3 is 1.90 bits per heavy atom. The van der Waals surface area contributed by atoms with Crippen molar-refractivity contribution in [3.63, 3.8) is 0 Å². The van der Waals surface area contributed by atoms with Gasteiger partial charge in [-0.2, -0.15) is 0 Å². The van der Waals surface area contributed by atoms with Gasteiger partial charge in [-0.05, 0) is 99.2 Å². The molecule has 4 aliphatic carbocycles. The van der Waals surface area contributed by atoms with Crippen molar-refractivity contribution >= 4 is 16.4 Å². The van der Waals surface area contributed by atoms with E-state index in [4.69, 9.17) is 47.4 Å². The summed E-state index contributed by atoms with van der Waals surface area (Å²) < 4.78 is 99.9. The number of cyclic esters (lactones) is 1. The summed E-state index contributed by atoms with van der Waals surface area (Å²) in [6.07, 6.45) is -25.2. The molecule has 0 aromatic rings. The van der Waals surface area contributed by atoms with Gasteiger partial charge in [0.05, 0.1) is 38.1 Å². The molecule has 27 heteroatoms. The van der Waals surface area contributed by atoms with E-state index in [1.54, 1.807) is 0 Å². The molecule has 3 saturated carbocycles. The second kappa shape index (κ2) is 24.7. The molecule has 1 spiro atoms. The van der Waals surface area contributed by atoms with Crippen molar-refractivity contribution in [2.45, 2.75) is 248 Å². The molecule has 5 heterocycles. The van der Waals surface area contributed by atoms with E-state index in [1.807, 2.05) is 13.0 Å². The van der Waals surface area contributed by atoms with Crippen molar-refractivity contribution in [3.8, 4) is 0 Å². The van der Waals surface area contributed by atoms with Crippen LogP contribution in [0.4, 0.5) is 0 Å². The van der Waals surface area contributed by atoms with E-state index < -0.39 is 186 Å². The Morgan fingerprint density at radius 1 is 0.704 bits per heavy atom. The minimum Gasteiger partial charge on any atom is -0.726 e. The summed E-state index contributed by atoms with van der Waals surface area (Å²) in [5.41, 5.74) is -2.29. The number of rotatable bonds is 17. The molecular weight excluding hydrogens is 1100 g/mol. The average molecular weight is 1190 g/mol. The summed E-state index contributed by atoms with van der Waals surface area (Å²) in [6.45, 7) is 14.1. The first-order chi connectivity index (χ1) is 37.4. The van der Waals surface area contributed by atoms with Crippen LogP contribution in [-0.2, 0) is 66.7 Å². The molecule has 0 radical (unpaired) electrons. The van der Waals surface area contributed by atoms with Crippen LogP contribution < -0.4 is 29.6 Å². The molecule has 10 N–H and O–H groups in total. The van der Waals surface area contributed by atoms with Crippen LogP contribution >= 0.6 is 0 Å². The predicted octanol–water partition coefficient (Wildman–Crippen LogP) is -3.85. The smallest absolute Gasteiger partial charge is 0.726 e. The van der Waals surface area contributed by atoms with Crippen LogP contribution in [0.15, 0.2) is 11.6 Å². The summed E-state index contributed by atoms with van der Waals surface area (Å²) in [6, 6.07) is 0. The number of aliphatic hydroxyl groups is 10. The van der Waals surface area contributed by atoms with Gasteiger partial charge in [0.1, 0.15) is 96.5 Å². The van der Waals surface area contributed by atoms with Gasteiger partial charge in [0, 0.05) is 13.0 Å². The first-order valence-electron chi connectivity index (χ1n) is 28.4. The maximum Gasteiger partial charge on any atom is 1.00 e. The normalized spacial score (nSPS) is 50.6. The van der Waals surface area contributed by atoms with Gasteiger partial charge in [0.15, 0.2) is 25.2 Å². The monoisotopic (exact) mass is 1190 g/mol. The molecule has 0 aromatic carbocycles. The van der Waals surface area contributed by atoms with Crippen LogP contribution in [0.25, 0.3) is 0 Å². The number of allylic oxidation sites excluding steroid dienone is 1. The molecule has 0 bridgehead atoms. The van der Waals surface area contributed by atoms with Crippen molar-refractivity contribution in [3.05, 3.63) is 11.6 Å². The molecule has 5 aliphatic heterocycles. The number of fused-ring (bicyclic) bond motifs is 4. The van der Waals surface area contributed by atoms with Crippen molar-refractivity contribution < 1.29 is 150 Å². The van der Waals surface area contributed by atoms with Crippen molar-refractivity contribution in [1.82, 2.24) is 0 Å². The third-order valence-electron chi connectivity index (χ3n) is 20.6. The first-order valence-corrected chi connectivity index (χ1v) is 29.8. The second-order valence-corrected chi connectivity index (χ2v) is 26.9. The standard InChI is InChI=1S/C54H88O25S.Na/c1-23(2)11-10-16-53(8)31-14-18-52(7)25-12-13-30-50(4,5)33(15-17-51(30,6)26(25)19-32(57)54(31,52)49(65)78-53)74-48-44(36(60)29(22-70-48)79-80(66,67)68)77-45-38(62)37(61)41(24(3)71-45)75-47-40(64)43(35(59)28(21-56)73-47)76-46-39(63)42(69-9)34(58)27(20-55)72-46;/h19,23-25,27-48,55-64H,10-18,20-22H2,1-9H3,(H,66,67,68);/q;+1/p-1/t24-,25?,27-,28-,29+,30-,31?,32-,33-,34-,35-,36-,37-,38-,39-,40-,41-,42+,43+,44+,45+,46+,47+,48-,51+,52-,53-,54?;/m0./s1. The quantitative estimate of drug-likeness (QED) is 0.0166. The van der Waals surface area contributed by atoms with Crippen molar-refractivity contribution in [2.75, 3.05) is 26.9 Å². The Bertz CT molecular complexity index is 2340. The zero-order chi connectivity index (χ0) is 58.6. The Labute approximate surface area is 495 Å². The largest absolute Gasteiger partial charge is 1.00 e. The molecule has 3 unspecified atom stereocenters. The molecule has 28 atom stereocenters. The van der Waals surface area contributed by atoms with Crippen molar-refractivity contribution in [1.29, 1.82) is 0 Å². The van der Waals surface area contributed by atoms with Gasteiger partial charge < -0.3 is 103 Å². The maximum atomic E-state index is 14.4. The van der Waals surface area contributed by atoms with Gasteiger partial charge in [-0.1, -0.05) is 59.6 Å². The van der Waals surface area contributed by atoms with Crippen LogP contribution in [0, 0.1) is 45.3 Å². The van der Waals surface area contributed by atoms with Crippen LogP contribution in [0.5, 0.6) is 0 Å². The topological polar surface area (TPSA) is 378 Å². The Kier molecular flexibility index (Phi) is 20.2. The number of ether oxygens (including phenoxy) is 10. The summed E-state index contributed by atoms with van der Waals surface area (Å²) in [5, 5.41) is 112. The molecule has 460 valence electrons. The third-order valence-corrected chi connectivity index (χ3v) is 21.1. The number of carbonyl (C=O) groups excluding carboxylic acids is 1. The van der Waals surface area contributed by atoms with E-state index in [0.717, 1.165) is 50.5 Å². The summed E-state index contributed by atoms with van der Waals surface area (Å²) in [5.74, 6) is 0.0200. The zero-order valence-corrected chi connectivity index (χ0v) is 50.8. The number of hydrogen-bond acceptors (Lipinski definition) is 25. The zero-order valence-electron chi connectivity index (χ0n) is 48.0. The molecular formula is C54H87NaO25S. The van der Waals surface area contributed by atoms with Crippen LogP contribution in [0.2, 0.25) is 0 Å². The van der Waals surface area contributed by atoms with E-state index in [0.29, 0.717) is 18.8 Å². The average Bonchev–Trinajstić information content (AvgIpc) is 2.10. The number of aliphatic hydroxyl groups excluding tert-OH is 10. The van der Waals surface area contributed by atoms with Crippen LogP contribution in [0.1, 0.15) is 113 Å². The Hall–Kier alpha value is -0.680. The van der Waals surface area contributed by atoms with Crippen LogP contribution in [0.3, 0.4) is 0 Å². The maximum absolute atomic E-state index is 14.4. The number of hydrogen-bond donors (Lipinski definition) is 10. The van der Waals surface area contributed by atoms with Gasteiger partial charge in [-0.3, -0.25) is 8.98 Å². The summed E-state index contributed by atoms with van der Waals surface area (Å²) in [4.78, 5) is 14.4. The molecule has 81 heavy (non-hydrogen) atoms. The first kappa shape index (κ1) is 66.3. The van der Waals surface area contributed by atoms with E-state index >= 15 is 0 Å². The minimum atomic E-state index is -5.42. The van der Waals surface area contributed by atoms with Crippen LogP contribution in [-0.4, -0.2) is 231 Å². The number of carbonyl (C=O) groups is 1. The van der Waals surface area contributed by atoms with E-state index in [1.165, 1.54) is 14.0 Å². The van der Waals surface area contributed by atoms with E-state index in [2.05, 4.69) is 45.7 Å². The minimum absolute atomic E-state index is 0. The van der Waals surface area contributed by atoms with Gasteiger partial charge in [-0.15, -0.1) is 0 Å². The Balaban J connectivity index is 0.00000860. The van der Waals surface area contributed by atoms with Gasteiger partial charge in [-0.25, -0.2) is 8.42 Å². The summed E-state index contributed by atoms with van der Waals surface area (Å²) >= 11 is 0. The van der Waals surface area contributed by atoms with Gasteiger partial charge >= 0.3 is 35.5 Å². The molecule has 0 aromatic heterocycles. The molecule has 8 fully saturated rings. The van der Waals surface area contributed by atoms with E-state index in [-0.39, 0.29) is 53.3 Å². The van der Waals surface area contributed by atoms with E-state index in [9.17, 15) is 68.8 Å². The summed E-state index contributed by atoms with van der Waals surface area (Å²) in [7, 11) is -4.24. The Morgan fingerprint density at radius 2 is 1.30 bits per heavy atom. The number of methoxy groups -OCH3 is 1. The molecule has 0 amide bonds. The fourth-order valence-electron chi connectivity index (χ4n) is 16.4. The fraction of sp³-hybridized carbons (Fsp3) is 0.944.